The van der Waals surface area contributed by atoms with Gasteiger partial charge in [0, 0.05) is 35.6 Å². The summed E-state index contributed by atoms with van der Waals surface area (Å²) >= 11 is 0. The summed E-state index contributed by atoms with van der Waals surface area (Å²) < 4.78 is 0. The van der Waals surface area contributed by atoms with Crippen molar-refractivity contribution in [3.05, 3.63) is 122 Å². The molecule has 0 atom stereocenters. The average molecular weight is 482 g/mol. The van der Waals surface area contributed by atoms with Gasteiger partial charge in [0.15, 0.2) is 0 Å². The van der Waals surface area contributed by atoms with E-state index in [2.05, 4.69) is 10.6 Å². The number of hydrogen-bond acceptors (Lipinski definition) is 6. The summed E-state index contributed by atoms with van der Waals surface area (Å²) in [6, 6.07) is 23.3. The predicted molar refractivity (Wildman–Crippen MR) is 135 cm³/mol. The lowest BCUT2D eigenvalue weighted by Gasteiger charge is -2.11. The molecule has 0 aliphatic carbocycles. The van der Waals surface area contributed by atoms with Crippen LogP contribution in [-0.2, 0) is 9.59 Å². The Bertz CT molecular complexity index is 1430. The van der Waals surface area contributed by atoms with Gasteiger partial charge >= 0.3 is 0 Å². The normalized spacial score (nSPS) is 10.3. The van der Waals surface area contributed by atoms with Crippen LogP contribution in [0.2, 0.25) is 0 Å². The maximum Gasteiger partial charge on any atom is 0.269 e. The Balaban J connectivity index is 1.68. The summed E-state index contributed by atoms with van der Waals surface area (Å²) in [5.41, 5.74) is 0.629. The number of anilines is 2. The van der Waals surface area contributed by atoms with E-state index in [0.29, 0.717) is 5.56 Å². The SMILES string of the molecule is O=C(Nc1ccc([N+](=O)[O-])cc1)C(=Cc1cccc2ccccc12)C(=O)Nc1ccc([N+](=O)[O-])cc1. The van der Waals surface area contributed by atoms with Crippen LogP contribution in [0.4, 0.5) is 22.7 Å². The molecular formula is C26H18N4O6. The van der Waals surface area contributed by atoms with Crippen LogP contribution in [0.5, 0.6) is 0 Å². The molecule has 178 valence electrons. The standard InChI is InChI=1S/C26H18N4O6/c31-25(27-19-8-12-21(13-9-19)29(33)34)24(16-18-6-3-5-17-4-1-2-7-23(17)18)26(32)28-20-10-14-22(15-11-20)30(35)36/h1-16H,(H,27,31)(H,28,32). The zero-order valence-electron chi connectivity index (χ0n) is 18.6. The van der Waals surface area contributed by atoms with Crippen LogP contribution in [0.15, 0.2) is 96.6 Å². The molecule has 0 heterocycles. The number of nitro benzene ring substituents is 2. The van der Waals surface area contributed by atoms with Gasteiger partial charge in [-0.2, -0.15) is 0 Å². The molecule has 0 aliphatic rings. The third kappa shape index (κ3) is 5.39. The predicted octanol–water partition coefficient (Wildman–Crippen LogP) is 5.32. The number of amides is 2. The first kappa shape index (κ1) is 23.8. The van der Waals surface area contributed by atoms with Gasteiger partial charge in [0.2, 0.25) is 0 Å². The van der Waals surface area contributed by atoms with Gasteiger partial charge in [-0.1, -0.05) is 42.5 Å². The van der Waals surface area contributed by atoms with Crippen LogP contribution < -0.4 is 10.6 Å². The largest absolute Gasteiger partial charge is 0.322 e. The number of benzene rings is 4. The summed E-state index contributed by atoms with van der Waals surface area (Å²) in [6.07, 6.45) is 1.45. The molecule has 0 unspecified atom stereocenters. The molecule has 2 N–H and O–H groups in total. The van der Waals surface area contributed by atoms with Crippen LogP contribution in [0.25, 0.3) is 16.8 Å². The first-order valence-electron chi connectivity index (χ1n) is 10.6. The zero-order chi connectivity index (χ0) is 25.7. The minimum atomic E-state index is -0.740. The van der Waals surface area contributed by atoms with Gasteiger partial charge in [-0.05, 0) is 46.7 Å². The highest BCUT2D eigenvalue weighted by atomic mass is 16.6. The van der Waals surface area contributed by atoms with E-state index in [-0.39, 0.29) is 28.3 Å². The fraction of sp³-hybridized carbons (Fsp3) is 0. The first-order valence-corrected chi connectivity index (χ1v) is 10.6. The summed E-state index contributed by atoms with van der Waals surface area (Å²) in [5.74, 6) is -1.48. The molecule has 4 aromatic carbocycles. The number of nitrogens with zero attached hydrogens (tertiary/aromatic N) is 2. The molecular weight excluding hydrogens is 464 g/mol. The summed E-state index contributed by atoms with van der Waals surface area (Å²) in [4.78, 5) is 47.0. The van der Waals surface area contributed by atoms with Crippen LogP contribution in [-0.4, -0.2) is 21.7 Å². The lowest BCUT2D eigenvalue weighted by Crippen LogP contribution is -2.25. The van der Waals surface area contributed by atoms with Crippen molar-refractivity contribution in [2.24, 2.45) is 0 Å². The molecule has 0 aliphatic heterocycles. The van der Waals surface area contributed by atoms with Crippen LogP contribution in [0.1, 0.15) is 5.56 Å². The van der Waals surface area contributed by atoms with E-state index in [4.69, 9.17) is 0 Å². The number of non-ortho nitro benzene ring substituents is 2. The van der Waals surface area contributed by atoms with Crippen molar-refractivity contribution in [2.75, 3.05) is 10.6 Å². The molecule has 10 nitrogen and oxygen atoms in total. The number of nitrogens with one attached hydrogen (secondary N) is 2. The van der Waals surface area contributed by atoms with Crippen molar-refractivity contribution in [1.82, 2.24) is 0 Å². The van der Waals surface area contributed by atoms with Crippen molar-refractivity contribution < 1.29 is 19.4 Å². The summed E-state index contributed by atoms with van der Waals surface area (Å²) in [7, 11) is 0. The Morgan fingerprint density at radius 2 is 1.11 bits per heavy atom. The second kappa shape index (κ2) is 10.3. The molecule has 0 saturated carbocycles. The molecule has 4 aromatic rings. The Labute approximate surface area is 204 Å². The van der Waals surface area contributed by atoms with Gasteiger partial charge in [0.05, 0.1) is 9.85 Å². The van der Waals surface area contributed by atoms with Crippen molar-refractivity contribution in [3.8, 4) is 0 Å². The van der Waals surface area contributed by atoms with E-state index in [1.165, 1.54) is 54.6 Å². The van der Waals surface area contributed by atoms with E-state index in [0.717, 1.165) is 10.8 Å². The molecule has 0 radical (unpaired) electrons. The molecule has 10 heteroatoms. The third-order valence-electron chi connectivity index (χ3n) is 5.28. The first-order chi connectivity index (χ1) is 17.3. The van der Waals surface area contributed by atoms with Crippen LogP contribution in [0, 0.1) is 20.2 Å². The van der Waals surface area contributed by atoms with Gasteiger partial charge in [0.1, 0.15) is 5.57 Å². The fourth-order valence-corrected chi connectivity index (χ4v) is 3.50. The highest BCUT2D eigenvalue weighted by molar-refractivity contribution is 6.29. The summed E-state index contributed by atoms with van der Waals surface area (Å²) in [5, 5.41) is 28.7. The monoisotopic (exact) mass is 482 g/mol. The van der Waals surface area contributed by atoms with Crippen molar-refractivity contribution in [2.45, 2.75) is 0 Å². The second-order valence-electron chi connectivity index (χ2n) is 7.64. The lowest BCUT2D eigenvalue weighted by molar-refractivity contribution is -0.385. The summed E-state index contributed by atoms with van der Waals surface area (Å²) in [6.45, 7) is 0. The molecule has 36 heavy (non-hydrogen) atoms. The van der Waals surface area contributed by atoms with E-state index in [9.17, 15) is 29.8 Å². The van der Waals surface area contributed by atoms with Crippen LogP contribution >= 0.6 is 0 Å². The third-order valence-corrected chi connectivity index (χ3v) is 5.28. The maximum absolute atomic E-state index is 13.2. The van der Waals surface area contributed by atoms with Gasteiger partial charge in [-0.25, -0.2) is 0 Å². The molecule has 0 bridgehead atoms. The van der Waals surface area contributed by atoms with Gasteiger partial charge in [0.25, 0.3) is 23.2 Å². The van der Waals surface area contributed by atoms with E-state index in [1.807, 2.05) is 30.3 Å². The minimum Gasteiger partial charge on any atom is -0.322 e. The number of nitro groups is 2. The van der Waals surface area contributed by atoms with Crippen LogP contribution in [0.3, 0.4) is 0 Å². The maximum atomic E-state index is 13.2. The average Bonchev–Trinajstić information content (AvgIpc) is 2.87. The van der Waals surface area contributed by atoms with Crippen molar-refractivity contribution in [1.29, 1.82) is 0 Å². The van der Waals surface area contributed by atoms with Gasteiger partial charge in [-0.3, -0.25) is 29.8 Å². The molecule has 2 amide bonds. The molecule has 0 spiro atoms. The van der Waals surface area contributed by atoms with E-state index in [1.54, 1.807) is 12.1 Å². The Morgan fingerprint density at radius 1 is 0.639 bits per heavy atom. The quantitative estimate of drug-likeness (QED) is 0.120. The Kier molecular flexibility index (Phi) is 6.78. The topological polar surface area (TPSA) is 144 Å². The van der Waals surface area contributed by atoms with E-state index < -0.39 is 21.7 Å². The highest BCUT2D eigenvalue weighted by Crippen LogP contribution is 2.23. The molecule has 4 rings (SSSR count). The van der Waals surface area contributed by atoms with E-state index >= 15 is 0 Å². The second-order valence-corrected chi connectivity index (χ2v) is 7.64. The van der Waals surface area contributed by atoms with Crippen molar-refractivity contribution >= 4 is 51.4 Å². The molecule has 0 aromatic heterocycles. The number of fused-ring (bicyclic) bond motifs is 1. The highest BCUT2D eigenvalue weighted by Gasteiger charge is 2.20. The van der Waals surface area contributed by atoms with Gasteiger partial charge < -0.3 is 10.6 Å². The fourth-order valence-electron chi connectivity index (χ4n) is 3.50. The number of rotatable bonds is 7. The molecule has 0 saturated heterocycles. The zero-order valence-corrected chi connectivity index (χ0v) is 18.6. The molecule has 0 fully saturated rings. The number of carbonyl (C=O) groups is 2. The minimum absolute atomic E-state index is 0.143. The number of hydrogen-bond donors (Lipinski definition) is 2. The Morgan fingerprint density at radius 3 is 1.61 bits per heavy atom. The van der Waals surface area contributed by atoms with Gasteiger partial charge in [-0.15, -0.1) is 0 Å². The number of carbonyl (C=O) groups excluding carboxylic acids is 2. The van der Waals surface area contributed by atoms with Crippen molar-refractivity contribution in [3.63, 3.8) is 0 Å². The Hall–Kier alpha value is -5.38. The lowest BCUT2D eigenvalue weighted by atomic mass is 10.0. The smallest absolute Gasteiger partial charge is 0.269 e.